The molecule has 0 N–H and O–H groups in total. The van der Waals surface area contributed by atoms with Crippen LogP contribution in [0.1, 0.15) is 13.8 Å². The smallest absolute Gasteiger partial charge is 0.321 e. The minimum Gasteiger partial charge on any atom is -0.465 e. The Morgan fingerprint density at radius 2 is 1.91 bits per heavy atom. The maximum Gasteiger partial charge on any atom is 0.321 e. The maximum absolute atomic E-state index is 12.6. The molecule has 124 valence electrons. The number of ether oxygens (including phenoxy) is 2. The second-order valence-electron chi connectivity index (χ2n) is 4.95. The van der Waals surface area contributed by atoms with Crippen LogP contribution in [0.4, 0.5) is 0 Å². The van der Waals surface area contributed by atoms with Crippen molar-refractivity contribution in [2.45, 2.75) is 13.8 Å². The molecule has 1 aliphatic heterocycles. The Hall–Kier alpha value is -1.12. The Balaban J connectivity index is 3.09. The second-order valence-corrected chi connectivity index (χ2v) is 5.83. The number of halogens is 1. The molecule has 0 aliphatic carbocycles. The zero-order chi connectivity index (χ0) is 16.7. The predicted octanol–water partition coefficient (Wildman–Crippen LogP) is 1.42. The van der Waals surface area contributed by atoms with E-state index in [9.17, 15) is 14.4 Å². The molecule has 0 aromatic carbocycles. The van der Waals surface area contributed by atoms with Gasteiger partial charge in [0.25, 0.3) is 0 Å². The van der Waals surface area contributed by atoms with Crippen molar-refractivity contribution >= 4 is 40.4 Å². The summed E-state index contributed by atoms with van der Waals surface area (Å²) in [6, 6.07) is 0. The molecule has 0 aromatic rings. The van der Waals surface area contributed by atoms with E-state index in [2.05, 4.69) is 29.2 Å². The van der Waals surface area contributed by atoms with Gasteiger partial charge in [-0.2, -0.15) is 0 Å². The topological polar surface area (TPSA) is 72.9 Å². The van der Waals surface area contributed by atoms with Crippen LogP contribution < -0.4 is 0 Å². The Morgan fingerprint density at radius 1 is 1.36 bits per heavy atom. The van der Waals surface area contributed by atoms with E-state index < -0.39 is 23.8 Å². The Kier molecular flexibility index (Phi) is 7.84. The van der Waals surface area contributed by atoms with Crippen molar-refractivity contribution in [3.8, 4) is 0 Å². The number of rotatable bonds is 8. The minimum absolute atomic E-state index is 0.0909. The molecule has 1 saturated heterocycles. The molecule has 1 aliphatic rings. The van der Waals surface area contributed by atoms with Gasteiger partial charge in [-0.1, -0.05) is 28.7 Å². The first-order valence-corrected chi connectivity index (χ1v) is 8.83. The van der Waals surface area contributed by atoms with Gasteiger partial charge < -0.3 is 14.4 Å². The highest BCUT2D eigenvalue weighted by Gasteiger charge is 2.50. The molecule has 0 aromatic heterocycles. The van der Waals surface area contributed by atoms with Crippen molar-refractivity contribution in [2.24, 2.45) is 17.8 Å². The van der Waals surface area contributed by atoms with Crippen LogP contribution in [-0.4, -0.2) is 53.5 Å². The lowest BCUT2D eigenvalue weighted by atomic mass is 9.84. The largest absolute Gasteiger partial charge is 0.465 e. The van der Waals surface area contributed by atoms with Gasteiger partial charge in [0, 0.05) is 17.5 Å². The fourth-order valence-electron chi connectivity index (χ4n) is 2.63. The highest BCUT2D eigenvalue weighted by atomic mass is 127. The lowest BCUT2D eigenvalue weighted by Crippen LogP contribution is -2.41. The van der Waals surface area contributed by atoms with Gasteiger partial charge in [0.2, 0.25) is 5.91 Å². The van der Waals surface area contributed by atoms with Gasteiger partial charge in [0.15, 0.2) is 5.92 Å². The quantitative estimate of drug-likeness (QED) is 0.194. The van der Waals surface area contributed by atoms with Gasteiger partial charge in [-0.05, 0) is 19.8 Å². The number of likely N-dealkylation sites (tertiary alicyclic amines) is 1. The zero-order valence-corrected chi connectivity index (χ0v) is 15.1. The van der Waals surface area contributed by atoms with Crippen LogP contribution in [0, 0.1) is 17.8 Å². The summed E-state index contributed by atoms with van der Waals surface area (Å²) in [5, 5.41) is 0. The lowest BCUT2D eigenvalue weighted by molar-refractivity contribution is -0.167. The molecule has 7 heteroatoms. The van der Waals surface area contributed by atoms with Crippen molar-refractivity contribution in [2.75, 3.05) is 30.7 Å². The maximum atomic E-state index is 12.6. The number of carbonyl (C=O) groups excluding carboxylic acids is 3. The molecule has 0 saturated carbocycles. The van der Waals surface area contributed by atoms with E-state index in [4.69, 9.17) is 9.47 Å². The molecule has 1 amide bonds. The molecular weight excluding hydrogens is 401 g/mol. The van der Waals surface area contributed by atoms with E-state index in [1.165, 1.54) is 0 Å². The molecule has 0 spiro atoms. The van der Waals surface area contributed by atoms with E-state index in [1.54, 1.807) is 24.8 Å². The van der Waals surface area contributed by atoms with Gasteiger partial charge in [-0.15, -0.1) is 6.58 Å². The first-order chi connectivity index (χ1) is 10.5. The number of amides is 1. The molecule has 6 nitrogen and oxygen atoms in total. The Morgan fingerprint density at radius 3 is 2.32 bits per heavy atom. The third-order valence-corrected chi connectivity index (χ3v) is 4.68. The summed E-state index contributed by atoms with van der Waals surface area (Å²) in [4.78, 5) is 38.6. The molecule has 1 rings (SSSR count). The number of hydrogen-bond acceptors (Lipinski definition) is 5. The molecule has 1 fully saturated rings. The average molecular weight is 423 g/mol. The van der Waals surface area contributed by atoms with Crippen LogP contribution in [-0.2, 0) is 23.9 Å². The number of hydrogen-bond donors (Lipinski definition) is 0. The van der Waals surface area contributed by atoms with Gasteiger partial charge in [0.05, 0.1) is 19.1 Å². The lowest BCUT2D eigenvalue weighted by Gasteiger charge is -2.22. The molecule has 22 heavy (non-hydrogen) atoms. The van der Waals surface area contributed by atoms with Crippen LogP contribution in [0.5, 0.6) is 0 Å². The number of alkyl halides is 1. The van der Waals surface area contributed by atoms with Gasteiger partial charge in [-0.3, -0.25) is 14.4 Å². The van der Waals surface area contributed by atoms with E-state index in [0.29, 0.717) is 17.5 Å². The third kappa shape index (κ3) is 4.21. The summed E-state index contributed by atoms with van der Waals surface area (Å²) in [5.74, 6) is -3.60. The summed E-state index contributed by atoms with van der Waals surface area (Å²) in [6.45, 7) is 8.17. The SMILES string of the molecule is C=CCN1CC(CI)C(C(C(=O)OCC)C(=O)OCC)C1=O. The summed E-state index contributed by atoms with van der Waals surface area (Å²) in [5.41, 5.74) is 0. The first kappa shape index (κ1) is 18.9. The number of carbonyl (C=O) groups is 3. The van der Waals surface area contributed by atoms with Gasteiger partial charge in [0.1, 0.15) is 0 Å². The summed E-state index contributed by atoms with van der Waals surface area (Å²) >= 11 is 2.17. The standard InChI is InChI=1S/C15H22INO5/c1-4-7-17-9-10(8-16)11(13(17)18)12(14(19)21-5-2)15(20)22-6-3/h4,10-12H,1,5-9H2,2-3H3. The van der Waals surface area contributed by atoms with Gasteiger partial charge in [-0.25, -0.2) is 0 Å². The Bertz CT molecular complexity index is 422. The molecule has 0 radical (unpaired) electrons. The minimum atomic E-state index is -1.19. The van der Waals surface area contributed by atoms with Gasteiger partial charge >= 0.3 is 11.9 Å². The fraction of sp³-hybridized carbons (Fsp3) is 0.667. The van der Waals surface area contributed by atoms with Crippen LogP contribution in [0.15, 0.2) is 12.7 Å². The van der Waals surface area contributed by atoms with Crippen molar-refractivity contribution < 1.29 is 23.9 Å². The second kappa shape index (κ2) is 9.12. The predicted molar refractivity (Wildman–Crippen MR) is 89.4 cm³/mol. The fourth-order valence-corrected chi connectivity index (χ4v) is 3.46. The first-order valence-electron chi connectivity index (χ1n) is 7.30. The van der Waals surface area contributed by atoms with E-state index in [-0.39, 0.29) is 25.0 Å². The normalized spacial score (nSPS) is 21.1. The van der Waals surface area contributed by atoms with Crippen LogP contribution in [0.25, 0.3) is 0 Å². The van der Waals surface area contributed by atoms with E-state index in [1.807, 2.05) is 0 Å². The monoisotopic (exact) mass is 423 g/mol. The third-order valence-electron chi connectivity index (χ3n) is 3.55. The summed E-state index contributed by atoms with van der Waals surface area (Å²) < 4.78 is 10.6. The van der Waals surface area contributed by atoms with E-state index in [0.717, 1.165) is 0 Å². The highest BCUT2D eigenvalue weighted by molar-refractivity contribution is 14.1. The van der Waals surface area contributed by atoms with Crippen molar-refractivity contribution in [1.82, 2.24) is 4.90 Å². The summed E-state index contributed by atoms with van der Waals surface area (Å²) in [7, 11) is 0. The summed E-state index contributed by atoms with van der Waals surface area (Å²) in [6.07, 6.45) is 1.63. The zero-order valence-electron chi connectivity index (χ0n) is 12.9. The van der Waals surface area contributed by atoms with Crippen molar-refractivity contribution in [1.29, 1.82) is 0 Å². The highest BCUT2D eigenvalue weighted by Crippen LogP contribution is 2.34. The van der Waals surface area contributed by atoms with Crippen LogP contribution in [0.2, 0.25) is 0 Å². The number of esters is 2. The Labute approximate surface area is 144 Å². The average Bonchev–Trinajstić information content (AvgIpc) is 2.78. The molecule has 0 bridgehead atoms. The van der Waals surface area contributed by atoms with Crippen molar-refractivity contribution in [3.63, 3.8) is 0 Å². The molecule has 1 heterocycles. The molecular formula is C15H22INO5. The van der Waals surface area contributed by atoms with E-state index >= 15 is 0 Å². The van der Waals surface area contributed by atoms with Crippen LogP contribution in [0.3, 0.4) is 0 Å². The molecule has 2 unspecified atom stereocenters. The van der Waals surface area contributed by atoms with Crippen molar-refractivity contribution in [3.05, 3.63) is 12.7 Å². The molecule has 2 atom stereocenters. The number of nitrogens with zero attached hydrogens (tertiary/aromatic N) is 1. The van der Waals surface area contributed by atoms with Crippen LogP contribution >= 0.6 is 22.6 Å².